The molecule has 2 aromatic rings. The molecule has 2 fully saturated rings. The number of rotatable bonds is 6. The monoisotopic (exact) mass is 358 g/mol. The van der Waals surface area contributed by atoms with Gasteiger partial charge in [0.1, 0.15) is 5.60 Å². The highest BCUT2D eigenvalue weighted by Gasteiger charge is 2.47. The standard InChI is InChI=1S/C21H23ClO3/c22-18-10-8-16(9-11-18)13-21(15-25-21)19-6-2-1-5-17(19)14-24-20-7-3-4-12-23-20/h1-2,5-6,8-11,20H,3-4,7,12-15H2. The fourth-order valence-electron chi connectivity index (χ4n) is 3.49. The van der Waals surface area contributed by atoms with Gasteiger partial charge in [-0.05, 0) is 48.1 Å². The Labute approximate surface area is 153 Å². The third-order valence-corrected chi connectivity index (χ3v) is 5.22. The van der Waals surface area contributed by atoms with E-state index in [0.717, 1.165) is 37.5 Å². The molecule has 4 heteroatoms. The van der Waals surface area contributed by atoms with Crippen molar-refractivity contribution in [3.05, 3.63) is 70.2 Å². The van der Waals surface area contributed by atoms with E-state index in [9.17, 15) is 0 Å². The van der Waals surface area contributed by atoms with Crippen molar-refractivity contribution in [2.45, 2.75) is 44.2 Å². The molecular formula is C21H23ClO3. The fourth-order valence-corrected chi connectivity index (χ4v) is 3.61. The number of ether oxygens (including phenoxy) is 3. The van der Waals surface area contributed by atoms with Crippen molar-refractivity contribution in [2.24, 2.45) is 0 Å². The summed E-state index contributed by atoms with van der Waals surface area (Å²) in [6.45, 7) is 2.11. The Morgan fingerprint density at radius 3 is 2.60 bits per heavy atom. The lowest BCUT2D eigenvalue weighted by atomic mass is 9.89. The van der Waals surface area contributed by atoms with Crippen molar-refractivity contribution >= 4 is 11.6 Å². The van der Waals surface area contributed by atoms with E-state index < -0.39 is 0 Å². The summed E-state index contributed by atoms with van der Waals surface area (Å²) in [5.41, 5.74) is 3.40. The molecule has 25 heavy (non-hydrogen) atoms. The maximum absolute atomic E-state index is 6.00. The molecule has 0 amide bonds. The van der Waals surface area contributed by atoms with Crippen LogP contribution in [0.5, 0.6) is 0 Å². The van der Waals surface area contributed by atoms with E-state index in [1.165, 1.54) is 23.1 Å². The molecule has 4 rings (SSSR count). The van der Waals surface area contributed by atoms with Gasteiger partial charge in [-0.2, -0.15) is 0 Å². The van der Waals surface area contributed by atoms with Crippen LogP contribution in [0.2, 0.25) is 5.02 Å². The van der Waals surface area contributed by atoms with E-state index >= 15 is 0 Å². The van der Waals surface area contributed by atoms with Crippen LogP contribution in [0.3, 0.4) is 0 Å². The number of halogens is 1. The van der Waals surface area contributed by atoms with Crippen molar-refractivity contribution < 1.29 is 14.2 Å². The second-order valence-electron chi connectivity index (χ2n) is 6.85. The van der Waals surface area contributed by atoms with Crippen LogP contribution >= 0.6 is 11.6 Å². The summed E-state index contributed by atoms with van der Waals surface area (Å²) in [4.78, 5) is 0. The second-order valence-corrected chi connectivity index (χ2v) is 7.29. The number of benzene rings is 2. The van der Waals surface area contributed by atoms with Gasteiger partial charge in [0.05, 0.1) is 13.2 Å². The van der Waals surface area contributed by atoms with Crippen LogP contribution < -0.4 is 0 Å². The molecule has 2 aliphatic rings. The quantitative estimate of drug-likeness (QED) is 0.691. The van der Waals surface area contributed by atoms with E-state index in [-0.39, 0.29) is 11.9 Å². The molecule has 2 saturated heterocycles. The van der Waals surface area contributed by atoms with E-state index in [1.807, 2.05) is 12.1 Å². The smallest absolute Gasteiger partial charge is 0.158 e. The maximum Gasteiger partial charge on any atom is 0.158 e. The summed E-state index contributed by atoms with van der Waals surface area (Å²) < 4.78 is 17.6. The summed E-state index contributed by atoms with van der Waals surface area (Å²) in [7, 11) is 0. The third-order valence-electron chi connectivity index (χ3n) is 4.97. The van der Waals surface area contributed by atoms with E-state index in [2.05, 4.69) is 36.4 Å². The minimum atomic E-state index is -0.235. The molecule has 2 aromatic carbocycles. The zero-order valence-corrected chi connectivity index (χ0v) is 15.0. The normalized spacial score (nSPS) is 25.7. The lowest BCUT2D eigenvalue weighted by Gasteiger charge is -2.24. The van der Waals surface area contributed by atoms with Crippen LogP contribution in [0.4, 0.5) is 0 Å². The molecule has 132 valence electrons. The Morgan fingerprint density at radius 2 is 1.88 bits per heavy atom. The molecule has 0 radical (unpaired) electrons. The van der Waals surface area contributed by atoms with E-state index in [0.29, 0.717) is 6.61 Å². The van der Waals surface area contributed by atoms with Gasteiger partial charge in [-0.1, -0.05) is 48.0 Å². The molecule has 0 aromatic heterocycles. The van der Waals surface area contributed by atoms with Crippen LogP contribution in [-0.4, -0.2) is 19.5 Å². The maximum atomic E-state index is 6.00. The second kappa shape index (κ2) is 7.46. The summed E-state index contributed by atoms with van der Waals surface area (Å²) >= 11 is 6.00. The largest absolute Gasteiger partial charge is 0.364 e. The summed E-state index contributed by atoms with van der Waals surface area (Å²) in [5, 5.41) is 0.760. The number of hydrogen-bond acceptors (Lipinski definition) is 3. The average Bonchev–Trinajstić information content (AvgIpc) is 3.44. The van der Waals surface area contributed by atoms with Crippen LogP contribution in [0.25, 0.3) is 0 Å². The van der Waals surface area contributed by atoms with Crippen LogP contribution in [0, 0.1) is 0 Å². The van der Waals surface area contributed by atoms with Crippen molar-refractivity contribution in [1.29, 1.82) is 0 Å². The van der Waals surface area contributed by atoms with Gasteiger partial charge in [-0.25, -0.2) is 0 Å². The minimum absolute atomic E-state index is 0.0749. The van der Waals surface area contributed by atoms with Crippen molar-refractivity contribution in [3.8, 4) is 0 Å². The zero-order chi connectivity index (χ0) is 17.1. The molecule has 0 spiro atoms. The van der Waals surface area contributed by atoms with Gasteiger partial charge in [0.15, 0.2) is 6.29 Å². The number of epoxide rings is 1. The van der Waals surface area contributed by atoms with Crippen molar-refractivity contribution in [2.75, 3.05) is 13.2 Å². The first-order valence-electron chi connectivity index (χ1n) is 8.95. The highest BCUT2D eigenvalue weighted by molar-refractivity contribution is 6.30. The predicted octanol–water partition coefficient (Wildman–Crippen LogP) is 4.85. The molecule has 3 nitrogen and oxygen atoms in total. The molecule has 2 heterocycles. The Morgan fingerprint density at radius 1 is 1.08 bits per heavy atom. The lowest BCUT2D eigenvalue weighted by molar-refractivity contribution is -0.169. The van der Waals surface area contributed by atoms with Gasteiger partial charge in [-0.15, -0.1) is 0 Å². The third kappa shape index (κ3) is 4.06. The molecule has 0 aliphatic carbocycles. The van der Waals surface area contributed by atoms with Gasteiger partial charge < -0.3 is 14.2 Å². The van der Waals surface area contributed by atoms with E-state index in [4.69, 9.17) is 25.8 Å². The van der Waals surface area contributed by atoms with Gasteiger partial charge in [0.2, 0.25) is 0 Å². The molecule has 2 unspecified atom stereocenters. The highest BCUT2D eigenvalue weighted by Crippen LogP contribution is 2.43. The predicted molar refractivity (Wildman–Crippen MR) is 97.6 cm³/mol. The molecule has 2 aliphatic heterocycles. The molecule has 2 atom stereocenters. The SMILES string of the molecule is Clc1ccc(CC2(c3ccccc3COC3CCCCO3)CO2)cc1. The summed E-state index contributed by atoms with van der Waals surface area (Å²) in [5.74, 6) is 0. The van der Waals surface area contributed by atoms with Gasteiger partial charge in [-0.3, -0.25) is 0 Å². The lowest BCUT2D eigenvalue weighted by Crippen LogP contribution is -2.23. The Balaban J connectivity index is 1.48. The Kier molecular flexibility index (Phi) is 5.09. The first-order chi connectivity index (χ1) is 12.3. The minimum Gasteiger partial charge on any atom is -0.364 e. The summed E-state index contributed by atoms with van der Waals surface area (Å²) in [6.07, 6.45) is 4.06. The van der Waals surface area contributed by atoms with Crippen LogP contribution in [0.15, 0.2) is 48.5 Å². The van der Waals surface area contributed by atoms with Crippen molar-refractivity contribution in [1.82, 2.24) is 0 Å². The Hall–Kier alpha value is -1.39. The fraction of sp³-hybridized carbons (Fsp3) is 0.429. The zero-order valence-electron chi connectivity index (χ0n) is 14.2. The Bertz CT molecular complexity index is 703. The molecule has 0 N–H and O–H groups in total. The first kappa shape index (κ1) is 17.0. The van der Waals surface area contributed by atoms with Crippen LogP contribution in [-0.2, 0) is 32.8 Å². The molecule has 0 bridgehead atoms. The van der Waals surface area contributed by atoms with E-state index in [1.54, 1.807) is 0 Å². The van der Waals surface area contributed by atoms with Crippen molar-refractivity contribution in [3.63, 3.8) is 0 Å². The van der Waals surface area contributed by atoms with Crippen LogP contribution in [0.1, 0.15) is 36.0 Å². The topological polar surface area (TPSA) is 31.0 Å². The van der Waals surface area contributed by atoms with Gasteiger partial charge >= 0.3 is 0 Å². The summed E-state index contributed by atoms with van der Waals surface area (Å²) in [6, 6.07) is 16.4. The molecular weight excluding hydrogens is 336 g/mol. The average molecular weight is 359 g/mol. The van der Waals surface area contributed by atoms with Gasteiger partial charge in [0, 0.05) is 18.1 Å². The molecule has 0 saturated carbocycles. The highest BCUT2D eigenvalue weighted by atomic mass is 35.5. The van der Waals surface area contributed by atoms with Gasteiger partial charge in [0.25, 0.3) is 0 Å². The first-order valence-corrected chi connectivity index (χ1v) is 9.33. The number of hydrogen-bond donors (Lipinski definition) is 0.